The summed E-state index contributed by atoms with van der Waals surface area (Å²) in [5.74, 6) is 0.995. The van der Waals surface area contributed by atoms with Crippen molar-refractivity contribution in [1.82, 2.24) is 5.32 Å². The second-order valence-electron chi connectivity index (χ2n) is 4.82. The molecule has 0 aliphatic rings. The lowest BCUT2D eigenvalue weighted by atomic mass is 10.2. The van der Waals surface area contributed by atoms with Crippen LogP contribution in [0.25, 0.3) is 0 Å². The van der Waals surface area contributed by atoms with E-state index in [4.69, 9.17) is 16.3 Å². The molecule has 0 saturated carbocycles. The van der Waals surface area contributed by atoms with Crippen LogP contribution in [0.15, 0.2) is 42.5 Å². The van der Waals surface area contributed by atoms with Crippen LogP contribution >= 0.6 is 23.4 Å². The van der Waals surface area contributed by atoms with Crippen molar-refractivity contribution >= 4 is 29.3 Å². The molecule has 2 aromatic rings. The molecule has 0 bridgehead atoms. The average Bonchev–Trinajstić information content (AvgIpc) is 2.54. The number of ether oxygens (including phenoxy) is 1. The van der Waals surface area contributed by atoms with Crippen molar-refractivity contribution in [3.8, 4) is 5.75 Å². The van der Waals surface area contributed by atoms with E-state index in [0.717, 1.165) is 11.1 Å². The molecule has 0 unspecified atom stereocenters. The van der Waals surface area contributed by atoms with Gasteiger partial charge in [0.2, 0.25) is 5.91 Å². The fourth-order valence-electron chi connectivity index (χ4n) is 2.00. The Morgan fingerprint density at radius 2 is 2.04 bits per heavy atom. The van der Waals surface area contributed by atoms with Gasteiger partial charge in [-0.25, -0.2) is 4.39 Å². The Kier molecular flexibility index (Phi) is 6.74. The van der Waals surface area contributed by atoms with Crippen molar-refractivity contribution in [3.63, 3.8) is 0 Å². The molecule has 0 atom stereocenters. The molecule has 6 heteroatoms. The molecular formula is C17H17ClFNO2S. The van der Waals surface area contributed by atoms with E-state index in [0.29, 0.717) is 23.1 Å². The zero-order valence-corrected chi connectivity index (χ0v) is 14.2. The number of halogens is 2. The Labute approximate surface area is 144 Å². The predicted molar refractivity (Wildman–Crippen MR) is 92.4 cm³/mol. The van der Waals surface area contributed by atoms with Crippen molar-refractivity contribution in [2.75, 3.05) is 12.9 Å². The number of hydrogen-bond donors (Lipinski definition) is 1. The van der Waals surface area contributed by atoms with Gasteiger partial charge < -0.3 is 10.1 Å². The zero-order valence-electron chi connectivity index (χ0n) is 12.6. The van der Waals surface area contributed by atoms with Crippen LogP contribution in [-0.2, 0) is 17.1 Å². The van der Waals surface area contributed by atoms with Crippen LogP contribution in [0, 0.1) is 5.82 Å². The molecule has 2 rings (SSSR count). The molecule has 0 aliphatic carbocycles. The van der Waals surface area contributed by atoms with Gasteiger partial charge in [-0.05, 0) is 29.8 Å². The summed E-state index contributed by atoms with van der Waals surface area (Å²) < 4.78 is 18.4. The minimum Gasteiger partial charge on any atom is -0.496 e. The summed E-state index contributed by atoms with van der Waals surface area (Å²) in [4.78, 5) is 11.9. The summed E-state index contributed by atoms with van der Waals surface area (Å²) in [6, 6.07) is 11.7. The van der Waals surface area contributed by atoms with Crippen LogP contribution in [-0.4, -0.2) is 18.8 Å². The van der Waals surface area contributed by atoms with Gasteiger partial charge in [0.15, 0.2) is 0 Å². The number of amides is 1. The number of rotatable bonds is 7. The Hall–Kier alpha value is -1.72. The molecule has 1 N–H and O–H groups in total. The smallest absolute Gasteiger partial charge is 0.230 e. The molecule has 0 heterocycles. The summed E-state index contributed by atoms with van der Waals surface area (Å²) in [6.07, 6.45) is 0. The van der Waals surface area contributed by atoms with Gasteiger partial charge in [0.1, 0.15) is 11.6 Å². The maximum atomic E-state index is 13.3. The molecule has 122 valence electrons. The SMILES string of the molecule is COc1ccc(F)cc1CSCC(=O)NCc1ccccc1Cl. The molecule has 23 heavy (non-hydrogen) atoms. The van der Waals surface area contributed by atoms with E-state index in [9.17, 15) is 9.18 Å². The van der Waals surface area contributed by atoms with E-state index in [1.807, 2.05) is 18.2 Å². The number of thioether (sulfide) groups is 1. The molecule has 0 saturated heterocycles. The number of nitrogens with one attached hydrogen (secondary N) is 1. The Balaban J connectivity index is 1.79. The van der Waals surface area contributed by atoms with Crippen LogP contribution in [0.2, 0.25) is 5.02 Å². The van der Waals surface area contributed by atoms with Crippen LogP contribution in [0.5, 0.6) is 5.75 Å². The molecule has 0 radical (unpaired) electrons. The number of hydrogen-bond acceptors (Lipinski definition) is 3. The van der Waals surface area contributed by atoms with Gasteiger partial charge in [0.25, 0.3) is 0 Å². The second-order valence-corrected chi connectivity index (χ2v) is 6.21. The van der Waals surface area contributed by atoms with E-state index < -0.39 is 0 Å². The minimum atomic E-state index is -0.315. The lowest BCUT2D eigenvalue weighted by Crippen LogP contribution is -2.24. The average molecular weight is 354 g/mol. The van der Waals surface area contributed by atoms with E-state index in [-0.39, 0.29) is 17.5 Å². The first kappa shape index (κ1) is 17.6. The van der Waals surface area contributed by atoms with Crippen LogP contribution in [0.1, 0.15) is 11.1 Å². The number of benzene rings is 2. The maximum Gasteiger partial charge on any atom is 0.230 e. The number of carbonyl (C=O) groups is 1. The molecule has 0 aliphatic heterocycles. The van der Waals surface area contributed by atoms with Gasteiger partial charge in [-0.1, -0.05) is 29.8 Å². The fraction of sp³-hybridized carbons (Fsp3) is 0.235. The highest BCUT2D eigenvalue weighted by molar-refractivity contribution is 7.99. The van der Waals surface area contributed by atoms with Crippen molar-refractivity contribution < 1.29 is 13.9 Å². The second kappa shape index (κ2) is 8.79. The first-order chi connectivity index (χ1) is 11.1. The largest absolute Gasteiger partial charge is 0.496 e. The Morgan fingerprint density at radius 1 is 1.26 bits per heavy atom. The van der Waals surface area contributed by atoms with E-state index in [2.05, 4.69) is 5.32 Å². The summed E-state index contributed by atoms with van der Waals surface area (Å²) in [5, 5.41) is 3.45. The van der Waals surface area contributed by atoms with Gasteiger partial charge >= 0.3 is 0 Å². The zero-order chi connectivity index (χ0) is 16.7. The van der Waals surface area contributed by atoms with Gasteiger partial charge in [-0.15, -0.1) is 11.8 Å². The van der Waals surface area contributed by atoms with Crippen molar-refractivity contribution in [1.29, 1.82) is 0 Å². The number of methoxy groups -OCH3 is 1. The lowest BCUT2D eigenvalue weighted by Gasteiger charge is -2.09. The summed E-state index contributed by atoms with van der Waals surface area (Å²) in [7, 11) is 1.54. The lowest BCUT2D eigenvalue weighted by molar-refractivity contribution is -0.118. The molecule has 0 spiro atoms. The molecular weight excluding hydrogens is 337 g/mol. The standard InChI is InChI=1S/C17H17ClFNO2S/c1-22-16-7-6-14(19)8-13(16)10-23-11-17(21)20-9-12-4-2-3-5-15(12)18/h2-8H,9-11H2,1H3,(H,20,21). The Morgan fingerprint density at radius 3 is 2.78 bits per heavy atom. The van der Waals surface area contributed by atoms with E-state index in [1.165, 1.54) is 31.0 Å². The minimum absolute atomic E-state index is 0.0923. The van der Waals surface area contributed by atoms with E-state index >= 15 is 0 Å². The van der Waals surface area contributed by atoms with Gasteiger partial charge in [-0.3, -0.25) is 4.79 Å². The molecule has 0 fully saturated rings. The Bertz CT molecular complexity index is 681. The first-order valence-corrected chi connectivity index (χ1v) is 8.53. The third-order valence-electron chi connectivity index (χ3n) is 3.17. The molecule has 0 aromatic heterocycles. The van der Waals surface area contributed by atoms with Crippen molar-refractivity contribution in [2.24, 2.45) is 0 Å². The highest BCUT2D eigenvalue weighted by Gasteiger charge is 2.08. The molecule has 2 aromatic carbocycles. The highest BCUT2D eigenvalue weighted by atomic mass is 35.5. The highest BCUT2D eigenvalue weighted by Crippen LogP contribution is 2.24. The topological polar surface area (TPSA) is 38.3 Å². The third-order valence-corrected chi connectivity index (χ3v) is 4.52. The van der Waals surface area contributed by atoms with Gasteiger partial charge in [0, 0.05) is 22.9 Å². The summed E-state index contributed by atoms with van der Waals surface area (Å²) >= 11 is 7.43. The number of carbonyl (C=O) groups excluding carboxylic acids is 1. The summed E-state index contributed by atoms with van der Waals surface area (Å²) in [5.41, 5.74) is 1.61. The van der Waals surface area contributed by atoms with Crippen LogP contribution < -0.4 is 10.1 Å². The van der Waals surface area contributed by atoms with Crippen LogP contribution in [0.3, 0.4) is 0 Å². The predicted octanol–water partition coefficient (Wildman–Crippen LogP) is 4.04. The van der Waals surface area contributed by atoms with Crippen LogP contribution in [0.4, 0.5) is 4.39 Å². The normalized spacial score (nSPS) is 10.4. The molecule has 1 amide bonds. The maximum absolute atomic E-state index is 13.3. The van der Waals surface area contributed by atoms with Crippen molar-refractivity contribution in [2.45, 2.75) is 12.3 Å². The van der Waals surface area contributed by atoms with Crippen molar-refractivity contribution in [3.05, 3.63) is 64.4 Å². The fourth-order valence-corrected chi connectivity index (χ4v) is 3.04. The molecule has 3 nitrogen and oxygen atoms in total. The first-order valence-electron chi connectivity index (χ1n) is 7.00. The van der Waals surface area contributed by atoms with E-state index in [1.54, 1.807) is 12.1 Å². The summed E-state index contributed by atoms with van der Waals surface area (Å²) in [6.45, 7) is 0.391. The van der Waals surface area contributed by atoms with Gasteiger partial charge in [0.05, 0.1) is 12.9 Å². The van der Waals surface area contributed by atoms with Gasteiger partial charge in [-0.2, -0.15) is 0 Å². The quantitative estimate of drug-likeness (QED) is 0.816. The third kappa shape index (κ3) is 5.44. The monoisotopic (exact) mass is 353 g/mol.